The fourth-order valence-electron chi connectivity index (χ4n) is 2.09. The monoisotopic (exact) mass is 250 g/mol. The van der Waals surface area contributed by atoms with Crippen LogP contribution in [0.4, 0.5) is 0 Å². The minimum atomic E-state index is -1.01. The van der Waals surface area contributed by atoms with E-state index in [0.29, 0.717) is 5.56 Å². The fraction of sp³-hybridized carbons (Fsp3) is 0.429. The highest BCUT2D eigenvalue weighted by atomic mass is 16.5. The summed E-state index contributed by atoms with van der Waals surface area (Å²) in [6.07, 6.45) is 0. The number of rotatable bonds is 5. The third-order valence-electron chi connectivity index (χ3n) is 2.98. The molecule has 4 nitrogen and oxygen atoms in total. The molecule has 1 aromatic carbocycles. The summed E-state index contributed by atoms with van der Waals surface area (Å²) in [6.45, 7) is 3.64. The Bertz CT molecular complexity index is 411. The largest absolute Gasteiger partial charge is 0.481 e. The molecule has 1 aromatic rings. The van der Waals surface area contributed by atoms with Gasteiger partial charge in [-0.1, -0.05) is 44.2 Å². The van der Waals surface area contributed by atoms with Gasteiger partial charge in [0.1, 0.15) is 0 Å². The molecular formula is C14H18O4. The molecule has 0 fully saturated rings. The summed E-state index contributed by atoms with van der Waals surface area (Å²) in [6, 6.07) is 8.78. The first-order valence-corrected chi connectivity index (χ1v) is 5.84. The molecule has 0 aliphatic carbocycles. The summed E-state index contributed by atoms with van der Waals surface area (Å²) in [7, 11) is 1.28. The molecule has 0 saturated carbocycles. The van der Waals surface area contributed by atoms with Crippen LogP contribution in [0.25, 0.3) is 0 Å². The molecule has 1 N–H and O–H groups in total. The third-order valence-corrected chi connectivity index (χ3v) is 2.98. The van der Waals surface area contributed by atoms with Crippen molar-refractivity contribution >= 4 is 11.9 Å². The van der Waals surface area contributed by atoms with Crippen LogP contribution in [0.5, 0.6) is 0 Å². The lowest BCUT2D eigenvalue weighted by Gasteiger charge is -2.25. The van der Waals surface area contributed by atoms with Gasteiger partial charge in [-0.3, -0.25) is 9.59 Å². The highest BCUT2D eigenvalue weighted by Gasteiger charge is 2.37. The number of carbonyl (C=O) groups is 2. The van der Waals surface area contributed by atoms with Gasteiger partial charge in [-0.25, -0.2) is 0 Å². The predicted molar refractivity (Wildman–Crippen MR) is 67.2 cm³/mol. The molecule has 0 aliphatic heterocycles. The quantitative estimate of drug-likeness (QED) is 0.814. The van der Waals surface area contributed by atoms with Crippen molar-refractivity contribution in [2.75, 3.05) is 7.11 Å². The van der Waals surface area contributed by atoms with Gasteiger partial charge in [0.2, 0.25) is 0 Å². The summed E-state index contributed by atoms with van der Waals surface area (Å²) in [5, 5.41) is 9.38. The van der Waals surface area contributed by atoms with Crippen molar-refractivity contribution in [2.24, 2.45) is 11.8 Å². The topological polar surface area (TPSA) is 63.6 Å². The van der Waals surface area contributed by atoms with Gasteiger partial charge < -0.3 is 9.84 Å². The van der Waals surface area contributed by atoms with Crippen LogP contribution >= 0.6 is 0 Å². The number of hydrogen-bond acceptors (Lipinski definition) is 3. The van der Waals surface area contributed by atoms with Crippen molar-refractivity contribution in [3.63, 3.8) is 0 Å². The first-order chi connectivity index (χ1) is 8.49. The highest BCUT2D eigenvalue weighted by molar-refractivity contribution is 5.85. The Morgan fingerprint density at radius 3 is 2.11 bits per heavy atom. The maximum absolute atomic E-state index is 11.8. The van der Waals surface area contributed by atoms with Crippen molar-refractivity contribution in [2.45, 2.75) is 19.8 Å². The van der Waals surface area contributed by atoms with Crippen LogP contribution < -0.4 is 0 Å². The molecule has 0 amide bonds. The van der Waals surface area contributed by atoms with Gasteiger partial charge in [-0.2, -0.15) is 0 Å². The van der Waals surface area contributed by atoms with Crippen molar-refractivity contribution in [1.29, 1.82) is 0 Å². The first kappa shape index (κ1) is 14.2. The number of carboxylic acids is 1. The molecule has 0 heterocycles. The maximum Gasteiger partial charge on any atom is 0.311 e. The van der Waals surface area contributed by atoms with Crippen LogP contribution in [0.1, 0.15) is 25.3 Å². The van der Waals surface area contributed by atoms with Gasteiger partial charge in [0, 0.05) is 0 Å². The van der Waals surface area contributed by atoms with Crippen LogP contribution in [0, 0.1) is 11.8 Å². The van der Waals surface area contributed by atoms with Gasteiger partial charge in [0.05, 0.1) is 18.9 Å². The minimum absolute atomic E-state index is 0.112. The number of aliphatic carboxylic acids is 1. The van der Waals surface area contributed by atoms with Crippen molar-refractivity contribution in [3.8, 4) is 0 Å². The average Bonchev–Trinajstić information content (AvgIpc) is 2.35. The van der Waals surface area contributed by atoms with Crippen molar-refractivity contribution in [3.05, 3.63) is 35.9 Å². The summed E-state index contributed by atoms with van der Waals surface area (Å²) < 4.78 is 4.72. The molecule has 98 valence electrons. The van der Waals surface area contributed by atoms with Crippen LogP contribution in [-0.2, 0) is 14.3 Å². The van der Waals surface area contributed by atoms with Crippen molar-refractivity contribution in [1.82, 2.24) is 0 Å². The number of esters is 1. The normalized spacial score (nSPS) is 14.0. The fourth-order valence-corrected chi connectivity index (χ4v) is 2.09. The molecule has 0 bridgehead atoms. The number of hydrogen-bond donors (Lipinski definition) is 1. The van der Waals surface area contributed by atoms with E-state index in [4.69, 9.17) is 4.74 Å². The predicted octanol–water partition coefficient (Wildman–Crippen LogP) is 2.30. The van der Waals surface area contributed by atoms with Gasteiger partial charge >= 0.3 is 11.9 Å². The number of ether oxygens (including phenoxy) is 1. The number of carboxylic acid groups (broad SMARTS) is 1. The Kier molecular flexibility index (Phi) is 4.89. The Morgan fingerprint density at radius 1 is 1.17 bits per heavy atom. The zero-order valence-corrected chi connectivity index (χ0v) is 10.8. The molecule has 18 heavy (non-hydrogen) atoms. The van der Waals surface area contributed by atoms with E-state index >= 15 is 0 Å². The first-order valence-electron chi connectivity index (χ1n) is 5.84. The smallest absolute Gasteiger partial charge is 0.311 e. The third kappa shape index (κ3) is 3.09. The van der Waals surface area contributed by atoms with Gasteiger partial charge in [0.15, 0.2) is 0 Å². The van der Waals surface area contributed by atoms with E-state index in [9.17, 15) is 14.7 Å². The Hall–Kier alpha value is -1.84. The van der Waals surface area contributed by atoms with E-state index in [1.165, 1.54) is 7.11 Å². The number of benzene rings is 1. The van der Waals surface area contributed by atoms with Crippen LogP contribution in [-0.4, -0.2) is 24.2 Å². The Balaban J connectivity index is 3.18. The summed E-state index contributed by atoms with van der Waals surface area (Å²) >= 11 is 0. The lowest BCUT2D eigenvalue weighted by atomic mass is 9.79. The van der Waals surface area contributed by atoms with E-state index in [1.54, 1.807) is 24.3 Å². The summed E-state index contributed by atoms with van der Waals surface area (Å²) in [5.74, 6) is -3.17. The van der Waals surface area contributed by atoms with E-state index in [2.05, 4.69) is 0 Å². The molecule has 1 rings (SSSR count). The van der Waals surface area contributed by atoms with E-state index < -0.39 is 23.8 Å². The molecule has 4 heteroatoms. The summed E-state index contributed by atoms with van der Waals surface area (Å²) in [5.41, 5.74) is 0.620. The summed E-state index contributed by atoms with van der Waals surface area (Å²) in [4.78, 5) is 23.2. The lowest BCUT2D eigenvalue weighted by molar-refractivity contribution is -0.154. The zero-order chi connectivity index (χ0) is 13.7. The average molecular weight is 250 g/mol. The van der Waals surface area contributed by atoms with Crippen LogP contribution in [0.2, 0.25) is 0 Å². The second kappa shape index (κ2) is 6.19. The molecule has 0 saturated heterocycles. The molecule has 0 aromatic heterocycles. The van der Waals surface area contributed by atoms with Gasteiger partial charge in [0.25, 0.3) is 0 Å². The minimum Gasteiger partial charge on any atom is -0.481 e. The van der Waals surface area contributed by atoms with Gasteiger partial charge in [-0.15, -0.1) is 0 Å². The zero-order valence-electron chi connectivity index (χ0n) is 10.8. The lowest BCUT2D eigenvalue weighted by Crippen LogP contribution is -2.32. The number of methoxy groups -OCH3 is 1. The molecule has 2 unspecified atom stereocenters. The van der Waals surface area contributed by atoms with Crippen molar-refractivity contribution < 1.29 is 19.4 Å². The molecule has 2 atom stereocenters. The van der Waals surface area contributed by atoms with Crippen LogP contribution in [0.15, 0.2) is 30.3 Å². The van der Waals surface area contributed by atoms with Gasteiger partial charge in [-0.05, 0) is 11.5 Å². The van der Waals surface area contributed by atoms with E-state index in [-0.39, 0.29) is 5.92 Å². The SMILES string of the molecule is COC(=O)C(C(C)C)C(C(=O)O)c1ccccc1. The second-order valence-electron chi connectivity index (χ2n) is 4.52. The maximum atomic E-state index is 11.8. The Labute approximate surface area is 107 Å². The number of carbonyl (C=O) groups excluding carboxylic acids is 1. The molecular weight excluding hydrogens is 232 g/mol. The molecule has 0 radical (unpaired) electrons. The Morgan fingerprint density at radius 2 is 1.72 bits per heavy atom. The standard InChI is InChI=1S/C14H18O4/c1-9(2)11(14(17)18-3)12(13(15)16)10-7-5-4-6-8-10/h4-9,11-12H,1-3H3,(H,15,16). The second-order valence-corrected chi connectivity index (χ2v) is 4.52. The highest BCUT2D eigenvalue weighted by Crippen LogP contribution is 2.31. The van der Waals surface area contributed by atoms with E-state index in [0.717, 1.165) is 0 Å². The molecule has 0 spiro atoms. The van der Waals surface area contributed by atoms with Crippen LogP contribution in [0.3, 0.4) is 0 Å². The van der Waals surface area contributed by atoms with E-state index in [1.807, 2.05) is 19.9 Å². The molecule has 0 aliphatic rings.